The molecule has 0 radical (unpaired) electrons. The summed E-state index contributed by atoms with van der Waals surface area (Å²) in [5.41, 5.74) is 5.84. The zero-order valence-corrected chi connectivity index (χ0v) is 17.0. The molecular formula is C25H22N2O3. The standard InChI is InChI=1S/C25H22N2O3/c1-26(2)15-8-9-17-19-13-18-16-6-3-4-7-22(16)27-10-5-11-29-24(27)20(18)14-21(19)25(28)30-23(17)12-15/h3-4,6-9,12-14,24H,5,10-11H2,1-2H3. The molecule has 4 aromatic rings. The molecule has 3 aromatic carbocycles. The number of para-hydroxylation sites is 1. The van der Waals surface area contributed by atoms with Gasteiger partial charge in [0, 0.05) is 60.0 Å². The second-order valence-corrected chi connectivity index (χ2v) is 8.24. The smallest absolute Gasteiger partial charge is 0.344 e. The Kier molecular flexibility index (Phi) is 3.71. The maximum atomic E-state index is 12.9. The summed E-state index contributed by atoms with van der Waals surface area (Å²) < 4.78 is 11.9. The van der Waals surface area contributed by atoms with Gasteiger partial charge in [0.25, 0.3) is 0 Å². The van der Waals surface area contributed by atoms with Crippen LogP contribution in [-0.4, -0.2) is 27.2 Å². The summed E-state index contributed by atoms with van der Waals surface area (Å²) in [6.07, 6.45) is 0.827. The van der Waals surface area contributed by atoms with Crippen molar-refractivity contribution in [2.45, 2.75) is 12.6 Å². The lowest BCUT2D eigenvalue weighted by atomic mass is 9.88. The second-order valence-electron chi connectivity index (χ2n) is 8.24. The number of ether oxygens (including phenoxy) is 1. The maximum absolute atomic E-state index is 12.9. The summed E-state index contributed by atoms with van der Waals surface area (Å²) in [6, 6.07) is 18.6. The fraction of sp³-hybridized carbons (Fsp3) is 0.240. The lowest BCUT2D eigenvalue weighted by molar-refractivity contribution is 0.0243. The molecule has 1 fully saturated rings. The Morgan fingerprint density at radius 1 is 0.967 bits per heavy atom. The minimum Gasteiger partial charge on any atom is -0.422 e. The van der Waals surface area contributed by atoms with Gasteiger partial charge in [-0.3, -0.25) is 0 Å². The minimum atomic E-state index is -0.308. The number of fused-ring (bicyclic) bond motifs is 9. The van der Waals surface area contributed by atoms with E-state index in [4.69, 9.17) is 9.15 Å². The van der Waals surface area contributed by atoms with E-state index in [0.717, 1.165) is 47.2 Å². The Balaban J connectivity index is 1.69. The maximum Gasteiger partial charge on any atom is 0.344 e. The van der Waals surface area contributed by atoms with Gasteiger partial charge in [-0.2, -0.15) is 0 Å². The first-order valence-corrected chi connectivity index (χ1v) is 10.3. The van der Waals surface area contributed by atoms with Crippen molar-refractivity contribution in [1.29, 1.82) is 0 Å². The van der Waals surface area contributed by atoms with E-state index in [-0.39, 0.29) is 11.9 Å². The Labute approximate surface area is 174 Å². The number of anilines is 2. The zero-order chi connectivity index (χ0) is 20.4. The van der Waals surface area contributed by atoms with Gasteiger partial charge in [0.15, 0.2) is 6.23 Å². The van der Waals surface area contributed by atoms with Crippen LogP contribution >= 0.6 is 0 Å². The van der Waals surface area contributed by atoms with E-state index in [1.165, 1.54) is 11.3 Å². The Bertz CT molecular complexity index is 1370. The minimum absolute atomic E-state index is 0.167. The molecule has 5 nitrogen and oxygen atoms in total. The second kappa shape index (κ2) is 6.34. The predicted molar refractivity (Wildman–Crippen MR) is 120 cm³/mol. The number of hydrogen-bond acceptors (Lipinski definition) is 5. The van der Waals surface area contributed by atoms with Gasteiger partial charge < -0.3 is 19.0 Å². The summed E-state index contributed by atoms with van der Waals surface area (Å²) in [5.74, 6) is 0. The summed E-state index contributed by atoms with van der Waals surface area (Å²) >= 11 is 0. The van der Waals surface area contributed by atoms with E-state index in [1.807, 2.05) is 37.2 Å². The molecule has 3 heterocycles. The molecule has 5 heteroatoms. The molecular weight excluding hydrogens is 376 g/mol. The normalized spacial score (nSPS) is 17.5. The quantitative estimate of drug-likeness (QED) is 0.336. The molecule has 0 spiro atoms. The van der Waals surface area contributed by atoms with E-state index < -0.39 is 0 Å². The molecule has 1 aromatic heterocycles. The molecule has 0 bridgehead atoms. The first-order valence-electron chi connectivity index (χ1n) is 10.3. The van der Waals surface area contributed by atoms with Crippen LogP contribution < -0.4 is 15.4 Å². The number of rotatable bonds is 1. The van der Waals surface area contributed by atoms with Gasteiger partial charge >= 0.3 is 5.63 Å². The Hall–Kier alpha value is -3.31. The monoisotopic (exact) mass is 398 g/mol. The van der Waals surface area contributed by atoms with Gasteiger partial charge in [-0.25, -0.2) is 4.79 Å². The molecule has 0 aliphatic carbocycles. The first kappa shape index (κ1) is 17.5. The average molecular weight is 398 g/mol. The zero-order valence-electron chi connectivity index (χ0n) is 17.0. The van der Waals surface area contributed by atoms with Crippen LogP contribution in [0.3, 0.4) is 0 Å². The SMILES string of the molecule is CN(C)c1ccc2c(c1)oc(=O)c1cc3c(cc12)-c1ccccc1N1CCCOC31. The molecule has 2 aliphatic rings. The first-order chi connectivity index (χ1) is 14.6. The molecule has 2 aliphatic heterocycles. The summed E-state index contributed by atoms with van der Waals surface area (Å²) in [7, 11) is 3.95. The van der Waals surface area contributed by atoms with E-state index in [1.54, 1.807) is 0 Å². The van der Waals surface area contributed by atoms with Crippen molar-refractivity contribution in [2.75, 3.05) is 37.0 Å². The van der Waals surface area contributed by atoms with Crippen LogP contribution in [0.1, 0.15) is 18.2 Å². The van der Waals surface area contributed by atoms with Crippen molar-refractivity contribution in [3.63, 3.8) is 0 Å². The predicted octanol–water partition coefficient (Wildman–Crippen LogP) is 4.92. The molecule has 150 valence electrons. The van der Waals surface area contributed by atoms with Crippen LogP contribution in [0.15, 0.2) is 63.8 Å². The van der Waals surface area contributed by atoms with Crippen molar-refractivity contribution in [2.24, 2.45) is 0 Å². The number of benzene rings is 3. The Morgan fingerprint density at radius 2 is 1.83 bits per heavy atom. The van der Waals surface area contributed by atoms with Crippen molar-refractivity contribution in [1.82, 2.24) is 0 Å². The largest absolute Gasteiger partial charge is 0.422 e. The molecule has 1 atom stereocenters. The van der Waals surface area contributed by atoms with Gasteiger partial charge in [0.2, 0.25) is 0 Å². The van der Waals surface area contributed by atoms with Crippen molar-refractivity contribution in [3.05, 3.63) is 70.6 Å². The Morgan fingerprint density at radius 3 is 2.70 bits per heavy atom. The molecule has 6 rings (SSSR count). The van der Waals surface area contributed by atoms with Crippen LogP contribution in [-0.2, 0) is 4.74 Å². The van der Waals surface area contributed by atoms with E-state index in [9.17, 15) is 4.79 Å². The van der Waals surface area contributed by atoms with Crippen molar-refractivity contribution < 1.29 is 9.15 Å². The van der Waals surface area contributed by atoms with Crippen LogP contribution in [0.4, 0.5) is 11.4 Å². The van der Waals surface area contributed by atoms with E-state index in [0.29, 0.717) is 11.0 Å². The van der Waals surface area contributed by atoms with Crippen LogP contribution in [0.5, 0.6) is 0 Å². The van der Waals surface area contributed by atoms with E-state index >= 15 is 0 Å². The van der Waals surface area contributed by atoms with Crippen LogP contribution in [0, 0.1) is 0 Å². The van der Waals surface area contributed by atoms with Crippen LogP contribution in [0.2, 0.25) is 0 Å². The highest BCUT2D eigenvalue weighted by Crippen LogP contribution is 2.47. The summed E-state index contributed by atoms with van der Waals surface area (Å²) in [5, 5.41) is 2.47. The molecule has 30 heavy (non-hydrogen) atoms. The van der Waals surface area contributed by atoms with Crippen LogP contribution in [0.25, 0.3) is 32.9 Å². The van der Waals surface area contributed by atoms with Gasteiger partial charge in [0.05, 0.1) is 12.0 Å². The number of nitrogens with zero attached hydrogens (tertiary/aromatic N) is 2. The fourth-order valence-electron chi connectivity index (χ4n) is 4.79. The van der Waals surface area contributed by atoms with Crippen molar-refractivity contribution in [3.8, 4) is 11.1 Å². The van der Waals surface area contributed by atoms with Gasteiger partial charge in [0.1, 0.15) is 5.58 Å². The highest BCUT2D eigenvalue weighted by Gasteiger charge is 2.34. The lowest BCUT2D eigenvalue weighted by Crippen LogP contribution is -2.39. The molecule has 1 saturated heterocycles. The molecule has 0 N–H and O–H groups in total. The summed E-state index contributed by atoms with van der Waals surface area (Å²) in [4.78, 5) is 17.2. The lowest BCUT2D eigenvalue weighted by Gasteiger charge is -2.42. The third-order valence-corrected chi connectivity index (χ3v) is 6.26. The van der Waals surface area contributed by atoms with E-state index in [2.05, 4.69) is 41.3 Å². The highest BCUT2D eigenvalue weighted by molar-refractivity contribution is 6.08. The third-order valence-electron chi connectivity index (χ3n) is 6.26. The van der Waals surface area contributed by atoms with Gasteiger partial charge in [-0.15, -0.1) is 0 Å². The molecule has 1 unspecified atom stereocenters. The summed E-state index contributed by atoms with van der Waals surface area (Å²) in [6.45, 7) is 1.67. The average Bonchev–Trinajstić information content (AvgIpc) is 2.78. The highest BCUT2D eigenvalue weighted by atomic mass is 16.5. The van der Waals surface area contributed by atoms with Gasteiger partial charge in [-0.05, 0) is 42.3 Å². The fourth-order valence-corrected chi connectivity index (χ4v) is 4.79. The molecule has 0 amide bonds. The third kappa shape index (κ3) is 2.42. The topological polar surface area (TPSA) is 45.9 Å². The van der Waals surface area contributed by atoms with Gasteiger partial charge in [-0.1, -0.05) is 18.2 Å². The molecule has 0 saturated carbocycles. The number of hydrogen-bond donors (Lipinski definition) is 0. The van der Waals surface area contributed by atoms with Crippen molar-refractivity contribution >= 4 is 33.1 Å².